The van der Waals surface area contributed by atoms with Gasteiger partial charge in [-0.05, 0) is 0 Å². The predicted molar refractivity (Wildman–Crippen MR) is 54.7 cm³/mol. The highest BCUT2D eigenvalue weighted by Gasteiger charge is 2.34. The molecule has 0 radical (unpaired) electrons. The van der Waals surface area contributed by atoms with Crippen LogP contribution >= 0.6 is 0 Å². The molecule has 5 heteroatoms. The van der Waals surface area contributed by atoms with Gasteiger partial charge in [-0.2, -0.15) is 0 Å². The van der Waals surface area contributed by atoms with Crippen molar-refractivity contribution in [3.63, 3.8) is 0 Å². The molecule has 0 aliphatic heterocycles. The summed E-state index contributed by atoms with van der Waals surface area (Å²) in [6.45, 7) is 1.65. The third-order valence-electron chi connectivity index (χ3n) is 2.62. The predicted octanol–water partition coefficient (Wildman–Crippen LogP) is 0.930. The van der Waals surface area contributed by atoms with Gasteiger partial charge in [-0.3, -0.25) is 14.4 Å². The molecule has 0 amide bonds. The zero-order chi connectivity index (χ0) is 12.3. The van der Waals surface area contributed by atoms with E-state index >= 15 is 0 Å². The summed E-state index contributed by atoms with van der Waals surface area (Å²) in [6.07, 6.45) is 0.202. The maximum atomic E-state index is 11.7. The summed E-state index contributed by atoms with van der Waals surface area (Å²) in [5, 5.41) is 8.84. The summed E-state index contributed by atoms with van der Waals surface area (Å²) in [7, 11) is 1.34. The summed E-state index contributed by atoms with van der Waals surface area (Å²) in [5.74, 6) is -2.33. The fourth-order valence-electron chi connectivity index (χ4n) is 1.73. The fourth-order valence-corrected chi connectivity index (χ4v) is 1.73. The SMILES string of the molecule is CCC(=O)C1=C(OC)CC(C(=O)O)CC1=O. The van der Waals surface area contributed by atoms with Gasteiger partial charge >= 0.3 is 5.97 Å². The van der Waals surface area contributed by atoms with E-state index in [1.165, 1.54) is 7.11 Å². The molecule has 16 heavy (non-hydrogen) atoms. The average molecular weight is 226 g/mol. The highest BCUT2D eigenvalue weighted by Crippen LogP contribution is 2.28. The number of rotatable bonds is 4. The second-order valence-corrected chi connectivity index (χ2v) is 3.65. The quantitative estimate of drug-likeness (QED) is 0.721. The highest BCUT2D eigenvalue weighted by molar-refractivity contribution is 6.21. The van der Waals surface area contributed by atoms with E-state index in [2.05, 4.69) is 0 Å². The number of carbonyl (C=O) groups is 3. The van der Waals surface area contributed by atoms with Crippen LogP contribution in [0.5, 0.6) is 0 Å². The van der Waals surface area contributed by atoms with Gasteiger partial charge in [0.25, 0.3) is 0 Å². The molecule has 1 aliphatic carbocycles. The number of hydrogen-bond donors (Lipinski definition) is 1. The van der Waals surface area contributed by atoms with Crippen LogP contribution in [0.15, 0.2) is 11.3 Å². The van der Waals surface area contributed by atoms with Gasteiger partial charge in [-0.1, -0.05) is 6.92 Å². The standard InChI is InChI=1S/C11H14O5/c1-3-7(12)10-8(13)4-6(11(14)15)5-9(10)16-2/h6H,3-5H2,1-2H3,(H,14,15). The van der Waals surface area contributed by atoms with Crippen LogP contribution in [0.25, 0.3) is 0 Å². The van der Waals surface area contributed by atoms with Crippen LogP contribution in [0.3, 0.4) is 0 Å². The van der Waals surface area contributed by atoms with Crippen LogP contribution in [-0.2, 0) is 19.1 Å². The molecule has 0 saturated carbocycles. The zero-order valence-electron chi connectivity index (χ0n) is 9.28. The van der Waals surface area contributed by atoms with Crippen molar-refractivity contribution in [3.05, 3.63) is 11.3 Å². The molecule has 1 N–H and O–H groups in total. The van der Waals surface area contributed by atoms with Crippen molar-refractivity contribution < 1.29 is 24.2 Å². The van der Waals surface area contributed by atoms with E-state index < -0.39 is 17.7 Å². The normalized spacial score (nSPS) is 20.9. The summed E-state index contributed by atoms with van der Waals surface area (Å²) < 4.78 is 4.95. The van der Waals surface area contributed by atoms with Crippen molar-refractivity contribution >= 4 is 17.5 Å². The van der Waals surface area contributed by atoms with E-state index in [0.717, 1.165) is 0 Å². The third kappa shape index (κ3) is 2.29. The maximum absolute atomic E-state index is 11.7. The van der Waals surface area contributed by atoms with E-state index in [0.29, 0.717) is 0 Å². The lowest BCUT2D eigenvalue weighted by Crippen LogP contribution is -2.28. The van der Waals surface area contributed by atoms with Crippen LogP contribution in [-0.4, -0.2) is 29.8 Å². The minimum atomic E-state index is -1.04. The number of carboxylic acids is 1. The molecule has 0 spiro atoms. The van der Waals surface area contributed by atoms with Crippen molar-refractivity contribution in [2.45, 2.75) is 26.2 Å². The van der Waals surface area contributed by atoms with Crippen molar-refractivity contribution in [2.75, 3.05) is 7.11 Å². The zero-order valence-corrected chi connectivity index (χ0v) is 9.28. The molecule has 1 aliphatic rings. The largest absolute Gasteiger partial charge is 0.500 e. The number of methoxy groups -OCH3 is 1. The second kappa shape index (κ2) is 4.92. The Morgan fingerprint density at radius 2 is 2.06 bits per heavy atom. The molecule has 0 fully saturated rings. The Bertz CT molecular complexity index is 367. The van der Waals surface area contributed by atoms with E-state index in [9.17, 15) is 14.4 Å². The van der Waals surface area contributed by atoms with Gasteiger partial charge in [0.1, 0.15) is 5.76 Å². The second-order valence-electron chi connectivity index (χ2n) is 3.65. The Kier molecular flexibility index (Phi) is 3.82. The van der Waals surface area contributed by atoms with Crippen molar-refractivity contribution in [2.24, 2.45) is 5.92 Å². The van der Waals surface area contributed by atoms with Gasteiger partial charge in [0.05, 0.1) is 18.6 Å². The smallest absolute Gasteiger partial charge is 0.307 e. The number of aliphatic carboxylic acids is 1. The summed E-state index contributed by atoms with van der Waals surface area (Å²) in [4.78, 5) is 34.0. The van der Waals surface area contributed by atoms with Gasteiger partial charge in [0.15, 0.2) is 11.6 Å². The summed E-state index contributed by atoms with van der Waals surface area (Å²) in [6, 6.07) is 0. The van der Waals surface area contributed by atoms with Gasteiger partial charge in [0.2, 0.25) is 0 Å². The Morgan fingerprint density at radius 1 is 1.44 bits per heavy atom. The number of Topliss-reactive ketones (excluding diaryl/α,β-unsaturated/α-hetero) is 2. The first-order chi connectivity index (χ1) is 7.51. The minimum absolute atomic E-state index is 0.0440. The van der Waals surface area contributed by atoms with Gasteiger partial charge in [0, 0.05) is 19.3 Å². The molecule has 0 bridgehead atoms. The van der Waals surface area contributed by atoms with Crippen LogP contribution in [0.2, 0.25) is 0 Å². The summed E-state index contributed by atoms with van der Waals surface area (Å²) in [5.41, 5.74) is 0.0440. The molecular weight excluding hydrogens is 212 g/mol. The van der Waals surface area contributed by atoms with Crippen LogP contribution in [0, 0.1) is 5.92 Å². The van der Waals surface area contributed by atoms with Crippen LogP contribution in [0.1, 0.15) is 26.2 Å². The molecule has 1 atom stereocenters. The molecule has 0 saturated heterocycles. The molecule has 1 unspecified atom stereocenters. The molecule has 5 nitrogen and oxygen atoms in total. The molecule has 0 heterocycles. The molecule has 1 rings (SSSR count). The summed E-state index contributed by atoms with van der Waals surface area (Å²) >= 11 is 0. The van der Waals surface area contributed by atoms with E-state index in [-0.39, 0.29) is 36.4 Å². The van der Waals surface area contributed by atoms with Crippen molar-refractivity contribution in [3.8, 4) is 0 Å². The first-order valence-corrected chi connectivity index (χ1v) is 5.07. The lowest BCUT2D eigenvalue weighted by atomic mass is 9.85. The lowest BCUT2D eigenvalue weighted by molar-refractivity contribution is -0.144. The van der Waals surface area contributed by atoms with E-state index in [1.54, 1.807) is 6.92 Å². The Hall–Kier alpha value is -1.65. The molecule has 88 valence electrons. The van der Waals surface area contributed by atoms with Gasteiger partial charge < -0.3 is 9.84 Å². The minimum Gasteiger partial charge on any atom is -0.500 e. The van der Waals surface area contributed by atoms with Crippen molar-refractivity contribution in [1.82, 2.24) is 0 Å². The topological polar surface area (TPSA) is 80.7 Å². The van der Waals surface area contributed by atoms with E-state index in [1.807, 2.05) is 0 Å². The molecule has 0 aromatic rings. The Labute approximate surface area is 93.1 Å². The lowest BCUT2D eigenvalue weighted by Gasteiger charge is -2.21. The maximum Gasteiger partial charge on any atom is 0.307 e. The Balaban J connectivity index is 3.07. The first kappa shape index (κ1) is 12.4. The van der Waals surface area contributed by atoms with Gasteiger partial charge in [-0.25, -0.2) is 0 Å². The van der Waals surface area contributed by atoms with Crippen molar-refractivity contribution in [1.29, 1.82) is 0 Å². The number of allylic oxidation sites excluding steroid dienone is 2. The Morgan fingerprint density at radius 3 is 2.50 bits per heavy atom. The van der Waals surface area contributed by atoms with Crippen LogP contribution < -0.4 is 0 Å². The molecular formula is C11H14O5. The average Bonchev–Trinajstić information content (AvgIpc) is 2.26. The monoisotopic (exact) mass is 226 g/mol. The van der Waals surface area contributed by atoms with Gasteiger partial charge in [-0.15, -0.1) is 0 Å². The fraction of sp³-hybridized carbons (Fsp3) is 0.545. The highest BCUT2D eigenvalue weighted by atomic mass is 16.5. The molecule has 0 aromatic heterocycles. The number of ether oxygens (including phenoxy) is 1. The number of carbonyl (C=O) groups excluding carboxylic acids is 2. The number of hydrogen-bond acceptors (Lipinski definition) is 4. The number of carboxylic acid groups (broad SMARTS) is 1. The molecule has 0 aromatic carbocycles. The number of ketones is 2. The van der Waals surface area contributed by atoms with Crippen LogP contribution in [0.4, 0.5) is 0 Å². The first-order valence-electron chi connectivity index (χ1n) is 5.07. The third-order valence-corrected chi connectivity index (χ3v) is 2.62. The van der Waals surface area contributed by atoms with E-state index in [4.69, 9.17) is 9.84 Å².